The highest BCUT2D eigenvalue weighted by molar-refractivity contribution is 5.47. The van der Waals surface area contributed by atoms with E-state index in [1.807, 2.05) is 0 Å². The molecular weight excluding hydrogens is 236 g/mol. The third-order valence-corrected chi connectivity index (χ3v) is 4.18. The zero-order valence-electron chi connectivity index (χ0n) is 12.2. The summed E-state index contributed by atoms with van der Waals surface area (Å²) >= 11 is 0. The molecule has 3 nitrogen and oxygen atoms in total. The number of rotatable bonds is 5. The van der Waals surface area contributed by atoms with E-state index in [4.69, 9.17) is 0 Å². The van der Waals surface area contributed by atoms with E-state index in [1.165, 1.54) is 11.3 Å². The van der Waals surface area contributed by atoms with Crippen LogP contribution < -0.4 is 9.80 Å². The molecule has 0 bridgehead atoms. The smallest absolute Gasteiger partial charge is 0.103 e. The van der Waals surface area contributed by atoms with Crippen LogP contribution in [0.4, 0.5) is 5.69 Å². The summed E-state index contributed by atoms with van der Waals surface area (Å²) in [7, 11) is 0. The molecule has 1 aliphatic heterocycles. The first-order chi connectivity index (χ1) is 9.22. The van der Waals surface area contributed by atoms with Gasteiger partial charge in [0, 0.05) is 37.2 Å². The van der Waals surface area contributed by atoms with Gasteiger partial charge in [0.1, 0.15) is 6.54 Å². The Morgan fingerprint density at radius 2 is 1.68 bits per heavy atom. The first-order valence-electron chi connectivity index (χ1n) is 7.58. The van der Waals surface area contributed by atoms with Gasteiger partial charge in [-0.15, -0.1) is 0 Å². The zero-order valence-corrected chi connectivity index (χ0v) is 12.2. The van der Waals surface area contributed by atoms with Crippen molar-refractivity contribution in [1.82, 2.24) is 0 Å². The average Bonchev–Trinajstić information content (AvgIpc) is 2.44. The van der Waals surface area contributed by atoms with Crippen molar-refractivity contribution in [3.8, 4) is 0 Å². The highest BCUT2D eigenvalue weighted by Crippen LogP contribution is 2.14. The standard InChI is InChI=1S/C16H26N2O/c1-3-18(4-2)15-7-5-14(6-8-15)13-17-11-9-16(19)10-12-17/h5-8,16,19H,3-4,9-13H2,1-2H3/p+1. The molecule has 3 heteroatoms. The average molecular weight is 263 g/mol. The minimum absolute atomic E-state index is 0.0613. The number of hydrogen-bond acceptors (Lipinski definition) is 2. The molecule has 0 radical (unpaired) electrons. The van der Waals surface area contributed by atoms with E-state index in [0.717, 1.165) is 45.6 Å². The van der Waals surface area contributed by atoms with Crippen LogP contribution in [0.2, 0.25) is 0 Å². The predicted molar refractivity (Wildman–Crippen MR) is 79.6 cm³/mol. The fourth-order valence-corrected chi connectivity index (χ4v) is 2.89. The Morgan fingerprint density at radius 1 is 1.11 bits per heavy atom. The van der Waals surface area contributed by atoms with Crippen LogP contribution in [0.5, 0.6) is 0 Å². The molecule has 0 aliphatic carbocycles. The Kier molecular flexibility index (Phi) is 5.23. The molecular formula is C16H27N2O+. The molecule has 1 saturated heterocycles. The van der Waals surface area contributed by atoms with Crippen LogP contribution in [-0.2, 0) is 6.54 Å². The Labute approximate surface area is 116 Å². The van der Waals surface area contributed by atoms with Crippen molar-refractivity contribution in [3.05, 3.63) is 29.8 Å². The van der Waals surface area contributed by atoms with E-state index in [9.17, 15) is 5.11 Å². The van der Waals surface area contributed by atoms with Crippen LogP contribution in [0.15, 0.2) is 24.3 Å². The molecule has 1 fully saturated rings. The van der Waals surface area contributed by atoms with Crippen molar-refractivity contribution in [2.45, 2.75) is 39.3 Å². The fraction of sp³-hybridized carbons (Fsp3) is 0.625. The predicted octanol–water partition coefficient (Wildman–Crippen LogP) is 1.07. The fourth-order valence-electron chi connectivity index (χ4n) is 2.89. The third-order valence-electron chi connectivity index (χ3n) is 4.18. The SMILES string of the molecule is CCN(CC)c1ccc(C[NH+]2CCC(O)CC2)cc1. The van der Waals surface area contributed by atoms with Crippen LogP contribution in [0.25, 0.3) is 0 Å². The van der Waals surface area contributed by atoms with Gasteiger partial charge in [-0.1, -0.05) is 12.1 Å². The van der Waals surface area contributed by atoms with E-state index in [0.29, 0.717) is 0 Å². The molecule has 1 aliphatic rings. The van der Waals surface area contributed by atoms with Crippen LogP contribution in [-0.4, -0.2) is 37.4 Å². The Balaban J connectivity index is 1.91. The topological polar surface area (TPSA) is 27.9 Å². The second-order valence-electron chi connectivity index (χ2n) is 5.50. The van der Waals surface area contributed by atoms with E-state index < -0.39 is 0 Å². The maximum atomic E-state index is 9.53. The van der Waals surface area contributed by atoms with Crippen LogP contribution in [0, 0.1) is 0 Å². The normalized spacial score (nSPS) is 23.3. The summed E-state index contributed by atoms with van der Waals surface area (Å²) in [6.07, 6.45) is 1.84. The number of likely N-dealkylation sites (tertiary alicyclic amines) is 1. The Hall–Kier alpha value is -1.06. The molecule has 0 atom stereocenters. The zero-order chi connectivity index (χ0) is 13.7. The summed E-state index contributed by atoms with van der Waals surface area (Å²) in [4.78, 5) is 3.97. The van der Waals surface area contributed by atoms with Crippen molar-refractivity contribution in [1.29, 1.82) is 0 Å². The van der Waals surface area contributed by atoms with E-state index >= 15 is 0 Å². The molecule has 0 unspecified atom stereocenters. The van der Waals surface area contributed by atoms with Gasteiger partial charge in [-0.2, -0.15) is 0 Å². The molecule has 0 aromatic heterocycles. The van der Waals surface area contributed by atoms with Gasteiger partial charge in [0.15, 0.2) is 0 Å². The maximum absolute atomic E-state index is 9.53. The molecule has 1 aromatic rings. The van der Waals surface area contributed by atoms with Gasteiger partial charge in [0.2, 0.25) is 0 Å². The van der Waals surface area contributed by atoms with Crippen molar-refractivity contribution in [2.75, 3.05) is 31.1 Å². The van der Waals surface area contributed by atoms with Gasteiger partial charge >= 0.3 is 0 Å². The lowest BCUT2D eigenvalue weighted by Gasteiger charge is -2.27. The summed E-state index contributed by atoms with van der Waals surface area (Å²) in [5.41, 5.74) is 2.72. The van der Waals surface area contributed by atoms with Gasteiger partial charge in [-0.05, 0) is 26.0 Å². The quantitative estimate of drug-likeness (QED) is 0.832. The molecule has 2 N–H and O–H groups in total. The van der Waals surface area contributed by atoms with Crippen molar-refractivity contribution in [3.63, 3.8) is 0 Å². The number of anilines is 1. The molecule has 1 aromatic carbocycles. The second kappa shape index (κ2) is 6.92. The summed E-state index contributed by atoms with van der Waals surface area (Å²) < 4.78 is 0. The van der Waals surface area contributed by atoms with Gasteiger partial charge in [-0.3, -0.25) is 0 Å². The molecule has 19 heavy (non-hydrogen) atoms. The third kappa shape index (κ3) is 3.95. The Bertz CT molecular complexity index is 365. The number of aliphatic hydroxyl groups excluding tert-OH is 1. The summed E-state index contributed by atoms with van der Waals surface area (Å²) in [5, 5.41) is 9.53. The number of nitrogens with zero attached hydrogens (tertiary/aromatic N) is 1. The number of benzene rings is 1. The number of piperidine rings is 1. The van der Waals surface area contributed by atoms with Crippen molar-refractivity contribution >= 4 is 5.69 Å². The lowest BCUT2D eigenvalue weighted by molar-refractivity contribution is -0.919. The van der Waals surface area contributed by atoms with E-state index in [-0.39, 0.29) is 6.10 Å². The Morgan fingerprint density at radius 3 is 2.21 bits per heavy atom. The van der Waals surface area contributed by atoms with E-state index in [1.54, 1.807) is 4.90 Å². The minimum atomic E-state index is -0.0613. The van der Waals surface area contributed by atoms with Gasteiger partial charge < -0.3 is 14.9 Å². The molecule has 0 saturated carbocycles. The van der Waals surface area contributed by atoms with Crippen molar-refractivity contribution in [2.24, 2.45) is 0 Å². The number of quaternary nitrogens is 1. The van der Waals surface area contributed by atoms with E-state index in [2.05, 4.69) is 43.0 Å². The van der Waals surface area contributed by atoms with Gasteiger partial charge in [0.05, 0.1) is 19.2 Å². The molecule has 106 valence electrons. The van der Waals surface area contributed by atoms with Crippen LogP contribution in [0.1, 0.15) is 32.3 Å². The van der Waals surface area contributed by atoms with Crippen LogP contribution >= 0.6 is 0 Å². The highest BCUT2D eigenvalue weighted by atomic mass is 16.3. The van der Waals surface area contributed by atoms with Crippen molar-refractivity contribution < 1.29 is 10.0 Å². The lowest BCUT2D eigenvalue weighted by atomic mass is 10.1. The number of aliphatic hydroxyl groups is 1. The first-order valence-corrected chi connectivity index (χ1v) is 7.58. The lowest BCUT2D eigenvalue weighted by Crippen LogP contribution is -3.12. The summed E-state index contributed by atoms with van der Waals surface area (Å²) in [6.45, 7) is 9.79. The largest absolute Gasteiger partial charge is 0.393 e. The summed E-state index contributed by atoms with van der Waals surface area (Å²) in [6, 6.07) is 8.98. The first kappa shape index (κ1) is 14.4. The van der Waals surface area contributed by atoms with Gasteiger partial charge in [0.25, 0.3) is 0 Å². The number of nitrogens with one attached hydrogen (secondary N) is 1. The summed E-state index contributed by atoms with van der Waals surface area (Å²) in [5.74, 6) is 0. The van der Waals surface area contributed by atoms with Crippen LogP contribution in [0.3, 0.4) is 0 Å². The molecule has 2 rings (SSSR count). The minimum Gasteiger partial charge on any atom is -0.393 e. The molecule has 0 amide bonds. The highest BCUT2D eigenvalue weighted by Gasteiger charge is 2.20. The second-order valence-corrected chi connectivity index (χ2v) is 5.50. The molecule has 0 spiro atoms. The molecule has 1 heterocycles. The van der Waals surface area contributed by atoms with Gasteiger partial charge in [-0.25, -0.2) is 0 Å². The maximum Gasteiger partial charge on any atom is 0.103 e. The monoisotopic (exact) mass is 263 g/mol. The number of hydrogen-bond donors (Lipinski definition) is 2.